The van der Waals surface area contributed by atoms with E-state index in [2.05, 4.69) is 19.8 Å². The van der Waals surface area contributed by atoms with Crippen LogP contribution < -0.4 is 20.3 Å². The molecule has 1 aromatic carbocycles. The van der Waals surface area contributed by atoms with Crippen molar-refractivity contribution >= 4 is 35.1 Å². The van der Waals surface area contributed by atoms with Gasteiger partial charge in [-0.3, -0.25) is 0 Å². The van der Waals surface area contributed by atoms with Gasteiger partial charge in [0.25, 0.3) is 0 Å². The Hall–Kier alpha value is -2.36. The third-order valence-electron chi connectivity index (χ3n) is 7.12. The Morgan fingerprint density at radius 2 is 1.76 bits per heavy atom. The summed E-state index contributed by atoms with van der Waals surface area (Å²) in [7, 11) is 3.60. The van der Waals surface area contributed by atoms with Gasteiger partial charge in [0.1, 0.15) is 5.75 Å². The van der Waals surface area contributed by atoms with Crippen molar-refractivity contribution in [2.45, 2.75) is 76.4 Å². The molecule has 2 aliphatic rings. The molecular formula is C24H36ClN7O2. The van der Waals surface area contributed by atoms with Crippen molar-refractivity contribution in [1.82, 2.24) is 20.0 Å². The Morgan fingerprint density at radius 3 is 2.41 bits per heavy atom. The molecule has 2 fully saturated rings. The van der Waals surface area contributed by atoms with Gasteiger partial charge in [0.15, 0.2) is 0 Å². The van der Waals surface area contributed by atoms with Gasteiger partial charge in [-0.15, -0.1) is 0 Å². The average Bonchev–Trinajstić information content (AvgIpc) is 3.10. The number of aromatic nitrogens is 3. The molecule has 1 saturated heterocycles. The van der Waals surface area contributed by atoms with Crippen LogP contribution in [0.4, 0.5) is 23.5 Å². The lowest BCUT2D eigenvalue weighted by Crippen LogP contribution is -2.47. The normalized spacial score (nSPS) is 22.3. The number of hydroxylamine groups is 2. The second-order valence-electron chi connectivity index (χ2n) is 9.43. The van der Waals surface area contributed by atoms with E-state index in [0.29, 0.717) is 29.2 Å². The van der Waals surface area contributed by atoms with Crippen LogP contribution in [0.1, 0.15) is 58.3 Å². The summed E-state index contributed by atoms with van der Waals surface area (Å²) in [6.07, 6.45) is 8.53. The lowest BCUT2D eigenvalue weighted by molar-refractivity contribution is -0.139. The molecule has 186 valence electrons. The number of halogens is 1. The third kappa shape index (κ3) is 5.47. The molecule has 34 heavy (non-hydrogen) atoms. The molecule has 1 aromatic heterocycles. The van der Waals surface area contributed by atoms with Crippen molar-refractivity contribution in [3.05, 3.63) is 23.2 Å². The standard InChI is InChI=1S/C24H36ClN7O2/c1-16-14-18(12-13-31(16)33)30(2)23-27-22(26)28-24(29-23)32(17-8-6-4-5-7-9-17)19-10-11-21(34-3)20(25)15-19/h10-11,15-18,33H,4-9,12-14H2,1-3H3,(H2,26,27,28,29). The number of rotatable bonds is 6. The van der Waals surface area contributed by atoms with Gasteiger partial charge >= 0.3 is 0 Å². The number of hydrogen-bond donors (Lipinski definition) is 2. The minimum absolute atomic E-state index is 0.0729. The van der Waals surface area contributed by atoms with Crippen LogP contribution in [-0.4, -0.2) is 64.1 Å². The molecule has 0 spiro atoms. The van der Waals surface area contributed by atoms with Crippen molar-refractivity contribution < 1.29 is 9.94 Å². The molecule has 3 N–H and O–H groups in total. The Bertz CT molecular complexity index is 970. The van der Waals surface area contributed by atoms with Crippen molar-refractivity contribution in [1.29, 1.82) is 0 Å². The first-order valence-corrected chi connectivity index (χ1v) is 12.6. The van der Waals surface area contributed by atoms with Crippen molar-refractivity contribution in [2.24, 2.45) is 0 Å². The van der Waals surface area contributed by atoms with Gasteiger partial charge in [-0.25, -0.2) is 0 Å². The molecule has 2 atom stereocenters. The quantitative estimate of drug-likeness (QED) is 0.560. The Morgan fingerprint density at radius 1 is 1.06 bits per heavy atom. The van der Waals surface area contributed by atoms with E-state index in [1.54, 1.807) is 7.11 Å². The molecule has 1 saturated carbocycles. The van der Waals surface area contributed by atoms with Crippen LogP contribution in [0, 0.1) is 0 Å². The zero-order chi connectivity index (χ0) is 24.2. The molecule has 2 heterocycles. The van der Waals surface area contributed by atoms with Crippen LogP contribution in [0.25, 0.3) is 0 Å². The third-order valence-corrected chi connectivity index (χ3v) is 7.42. The maximum Gasteiger partial charge on any atom is 0.236 e. The lowest BCUT2D eigenvalue weighted by atomic mass is 9.99. The summed E-state index contributed by atoms with van der Waals surface area (Å²) in [5.74, 6) is 1.91. The summed E-state index contributed by atoms with van der Waals surface area (Å²) in [4.78, 5) is 18.2. The molecular weight excluding hydrogens is 454 g/mol. The van der Waals surface area contributed by atoms with Gasteiger partial charge in [0.2, 0.25) is 17.8 Å². The SMILES string of the molecule is COc1ccc(N(c2nc(N)nc(N(C)C3CCN(O)C(C)C3)n2)C2CCCCCC2)cc1Cl. The molecule has 2 aromatic rings. The predicted molar refractivity (Wildman–Crippen MR) is 135 cm³/mol. The maximum atomic E-state index is 9.99. The number of nitrogens with two attached hydrogens (primary N) is 1. The van der Waals surface area contributed by atoms with E-state index in [1.807, 2.05) is 32.2 Å². The number of anilines is 4. The lowest BCUT2D eigenvalue weighted by Gasteiger charge is -2.38. The van der Waals surface area contributed by atoms with Crippen molar-refractivity contribution in [3.63, 3.8) is 0 Å². The number of nitrogens with zero attached hydrogens (tertiary/aromatic N) is 6. The topological polar surface area (TPSA) is 104 Å². The number of hydrogen-bond acceptors (Lipinski definition) is 9. The van der Waals surface area contributed by atoms with Crippen molar-refractivity contribution in [3.8, 4) is 5.75 Å². The first-order chi connectivity index (χ1) is 16.4. The summed E-state index contributed by atoms with van der Waals surface area (Å²) >= 11 is 6.51. The molecule has 9 nitrogen and oxygen atoms in total. The van der Waals surface area contributed by atoms with E-state index in [9.17, 15) is 5.21 Å². The minimum Gasteiger partial charge on any atom is -0.495 e. The second kappa shape index (κ2) is 10.9. The highest BCUT2D eigenvalue weighted by atomic mass is 35.5. The van der Waals surface area contributed by atoms with E-state index >= 15 is 0 Å². The average molecular weight is 490 g/mol. The van der Waals surface area contributed by atoms with E-state index in [-0.39, 0.29) is 24.1 Å². The Kier molecular flexibility index (Phi) is 7.95. The van der Waals surface area contributed by atoms with Crippen LogP contribution in [0.3, 0.4) is 0 Å². The molecule has 1 aliphatic carbocycles. The van der Waals surface area contributed by atoms with Gasteiger partial charge in [-0.2, -0.15) is 20.0 Å². The van der Waals surface area contributed by atoms with Crippen LogP contribution in [0.15, 0.2) is 18.2 Å². The van der Waals surface area contributed by atoms with Gasteiger partial charge in [0, 0.05) is 37.4 Å². The number of benzene rings is 1. The number of piperidine rings is 1. The number of methoxy groups -OCH3 is 1. The smallest absolute Gasteiger partial charge is 0.236 e. The molecule has 10 heteroatoms. The van der Waals surface area contributed by atoms with Crippen LogP contribution in [0.5, 0.6) is 5.75 Å². The molecule has 1 aliphatic heterocycles. The van der Waals surface area contributed by atoms with Gasteiger partial charge in [-0.05, 0) is 50.8 Å². The fourth-order valence-electron chi connectivity index (χ4n) is 5.10. The summed E-state index contributed by atoms with van der Waals surface area (Å²) < 4.78 is 5.36. The van der Waals surface area contributed by atoms with E-state index in [0.717, 1.165) is 44.2 Å². The molecule has 4 rings (SSSR count). The minimum atomic E-state index is 0.0729. The van der Waals surface area contributed by atoms with E-state index in [1.165, 1.54) is 17.9 Å². The van der Waals surface area contributed by atoms with Gasteiger partial charge in [0.05, 0.1) is 12.1 Å². The second-order valence-corrected chi connectivity index (χ2v) is 9.84. The zero-order valence-corrected chi connectivity index (χ0v) is 21.1. The maximum absolute atomic E-state index is 9.99. The highest BCUT2D eigenvalue weighted by Gasteiger charge is 2.30. The first kappa shape index (κ1) is 24.8. The van der Waals surface area contributed by atoms with Gasteiger partial charge in [-0.1, -0.05) is 37.3 Å². The van der Waals surface area contributed by atoms with Crippen molar-refractivity contribution in [2.75, 3.05) is 36.2 Å². The predicted octanol–water partition coefficient (Wildman–Crippen LogP) is 4.66. The van der Waals surface area contributed by atoms with Gasteiger partial charge < -0.3 is 25.5 Å². The van der Waals surface area contributed by atoms with Crippen LogP contribution >= 0.6 is 11.6 Å². The summed E-state index contributed by atoms with van der Waals surface area (Å²) in [6.45, 7) is 2.64. The molecule has 0 bridgehead atoms. The fraction of sp³-hybridized carbons (Fsp3) is 0.625. The Balaban J connectivity index is 1.71. The molecule has 0 amide bonds. The summed E-state index contributed by atoms with van der Waals surface area (Å²) in [6, 6.07) is 6.30. The summed E-state index contributed by atoms with van der Waals surface area (Å²) in [5.41, 5.74) is 7.13. The monoisotopic (exact) mass is 489 g/mol. The molecule has 2 unspecified atom stereocenters. The number of ether oxygens (including phenoxy) is 1. The molecule has 0 radical (unpaired) electrons. The Labute approximate surface area is 206 Å². The van der Waals surface area contributed by atoms with Crippen LogP contribution in [0.2, 0.25) is 5.02 Å². The van der Waals surface area contributed by atoms with E-state index in [4.69, 9.17) is 27.1 Å². The largest absolute Gasteiger partial charge is 0.495 e. The number of nitrogen functional groups attached to an aromatic ring is 1. The van der Waals surface area contributed by atoms with Crippen LogP contribution in [-0.2, 0) is 0 Å². The van der Waals surface area contributed by atoms with E-state index < -0.39 is 0 Å². The summed E-state index contributed by atoms with van der Waals surface area (Å²) in [5, 5.41) is 11.9. The first-order valence-electron chi connectivity index (χ1n) is 12.2. The highest BCUT2D eigenvalue weighted by Crippen LogP contribution is 2.37. The fourth-order valence-corrected chi connectivity index (χ4v) is 5.35. The zero-order valence-electron chi connectivity index (χ0n) is 20.3. The highest BCUT2D eigenvalue weighted by molar-refractivity contribution is 6.32.